The molecule has 2 aromatic rings. The van der Waals surface area contributed by atoms with Gasteiger partial charge in [0.25, 0.3) is 0 Å². The van der Waals surface area contributed by atoms with Gasteiger partial charge in [-0.05, 0) is 40.9 Å². The molecule has 0 saturated heterocycles. The summed E-state index contributed by atoms with van der Waals surface area (Å²) >= 11 is 3.42. The highest BCUT2D eigenvalue weighted by atomic mass is 79.9. The maximum Gasteiger partial charge on any atom is 0.234 e. The zero-order valence-electron chi connectivity index (χ0n) is 9.06. The molecule has 17 heavy (non-hydrogen) atoms. The minimum absolute atomic E-state index is 0.0769. The van der Waals surface area contributed by atoms with E-state index < -0.39 is 0 Å². The second-order valence-corrected chi connectivity index (χ2v) is 5.10. The lowest BCUT2D eigenvalue weighted by Crippen LogP contribution is -2.19. The molecule has 2 heterocycles. The lowest BCUT2D eigenvalue weighted by atomic mass is 10.1. The predicted octanol–water partition coefficient (Wildman–Crippen LogP) is 1.88. The Morgan fingerprint density at radius 1 is 1.47 bits per heavy atom. The Bertz CT molecular complexity index is 550. The summed E-state index contributed by atoms with van der Waals surface area (Å²) in [5.41, 5.74) is 6.34. The molecule has 1 fully saturated rings. The van der Waals surface area contributed by atoms with Gasteiger partial charge in [0.05, 0.1) is 5.41 Å². The first kappa shape index (κ1) is 10.9. The van der Waals surface area contributed by atoms with E-state index in [1.54, 1.807) is 6.20 Å². The molecule has 1 saturated carbocycles. The zero-order valence-corrected chi connectivity index (χ0v) is 10.6. The molecule has 0 amide bonds. The van der Waals surface area contributed by atoms with Crippen LogP contribution in [0, 0.1) is 0 Å². The van der Waals surface area contributed by atoms with Crippen LogP contribution in [-0.2, 0) is 5.41 Å². The fourth-order valence-corrected chi connectivity index (χ4v) is 2.17. The van der Waals surface area contributed by atoms with Crippen molar-refractivity contribution in [2.45, 2.75) is 18.3 Å². The van der Waals surface area contributed by atoms with Gasteiger partial charge in [0, 0.05) is 17.2 Å². The average molecular weight is 295 g/mol. The molecule has 1 aliphatic rings. The number of hydrogen-bond donors (Lipinski definition) is 1. The monoisotopic (exact) mass is 294 g/mol. The van der Waals surface area contributed by atoms with E-state index in [1.807, 2.05) is 12.1 Å². The largest absolute Gasteiger partial charge is 0.338 e. The molecule has 0 unspecified atom stereocenters. The number of aromatic nitrogens is 3. The van der Waals surface area contributed by atoms with E-state index in [2.05, 4.69) is 31.1 Å². The Morgan fingerprint density at radius 3 is 2.94 bits per heavy atom. The van der Waals surface area contributed by atoms with E-state index in [4.69, 9.17) is 10.3 Å². The van der Waals surface area contributed by atoms with Gasteiger partial charge in [-0.2, -0.15) is 4.98 Å². The molecular formula is C11H11BrN4O. The van der Waals surface area contributed by atoms with Crippen molar-refractivity contribution in [2.24, 2.45) is 5.73 Å². The average Bonchev–Trinajstić information content (AvgIpc) is 3.00. The van der Waals surface area contributed by atoms with Crippen LogP contribution in [-0.4, -0.2) is 21.7 Å². The molecule has 88 valence electrons. The highest BCUT2D eigenvalue weighted by Crippen LogP contribution is 2.46. The number of hydrogen-bond acceptors (Lipinski definition) is 5. The molecule has 3 rings (SSSR count). The predicted molar refractivity (Wildman–Crippen MR) is 65.2 cm³/mol. The standard InChI is InChI=1S/C11H11BrN4O/c12-7-2-1-5-14-8(7)9-15-10(17-16-9)11(6-13)3-4-11/h1-2,5H,3-4,6,13H2. The fourth-order valence-electron chi connectivity index (χ4n) is 1.74. The molecular weight excluding hydrogens is 284 g/mol. The Labute approximate surface area is 107 Å². The number of halogens is 1. The Kier molecular flexibility index (Phi) is 2.48. The van der Waals surface area contributed by atoms with Gasteiger partial charge < -0.3 is 10.3 Å². The number of pyridine rings is 1. The first-order valence-corrected chi connectivity index (χ1v) is 6.20. The van der Waals surface area contributed by atoms with E-state index >= 15 is 0 Å². The van der Waals surface area contributed by atoms with E-state index in [0.29, 0.717) is 24.0 Å². The highest BCUT2D eigenvalue weighted by Gasteiger charge is 2.48. The maximum atomic E-state index is 5.73. The summed E-state index contributed by atoms with van der Waals surface area (Å²) in [7, 11) is 0. The summed E-state index contributed by atoms with van der Waals surface area (Å²) in [6.45, 7) is 0.554. The van der Waals surface area contributed by atoms with Crippen LogP contribution in [0.1, 0.15) is 18.7 Å². The Hall–Kier alpha value is -1.27. The van der Waals surface area contributed by atoms with E-state index in [9.17, 15) is 0 Å². The third-order valence-corrected chi connectivity index (χ3v) is 3.73. The molecule has 2 aromatic heterocycles. The fraction of sp³-hybridized carbons (Fsp3) is 0.364. The van der Waals surface area contributed by atoms with Gasteiger partial charge in [0.15, 0.2) is 0 Å². The van der Waals surface area contributed by atoms with Crippen LogP contribution >= 0.6 is 15.9 Å². The van der Waals surface area contributed by atoms with Crippen LogP contribution in [0.5, 0.6) is 0 Å². The summed E-state index contributed by atoms with van der Waals surface area (Å²) in [6.07, 6.45) is 3.75. The third kappa shape index (κ3) is 1.77. The highest BCUT2D eigenvalue weighted by molar-refractivity contribution is 9.10. The van der Waals surface area contributed by atoms with Gasteiger partial charge in [-0.3, -0.25) is 4.98 Å². The summed E-state index contributed by atoms with van der Waals surface area (Å²) in [5, 5.41) is 3.97. The SMILES string of the molecule is NCC1(c2nc(-c3ncccc3Br)no2)CC1. The van der Waals surface area contributed by atoms with E-state index in [-0.39, 0.29) is 5.41 Å². The van der Waals surface area contributed by atoms with Gasteiger partial charge in [0.1, 0.15) is 5.69 Å². The molecule has 0 aliphatic heterocycles. The van der Waals surface area contributed by atoms with Crippen molar-refractivity contribution >= 4 is 15.9 Å². The van der Waals surface area contributed by atoms with Crippen molar-refractivity contribution in [2.75, 3.05) is 6.54 Å². The molecule has 5 nitrogen and oxygen atoms in total. The normalized spacial score (nSPS) is 17.1. The number of nitrogens with zero attached hydrogens (tertiary/aromatic N) is 3. The van der Waals surface area contributed by atoms with E-state index in [1.165, 1.54) is 0 Å². The van der Waals surface area contributed by atoms with Gasteiger partial charge >= 0.3 is 0 Å². The van der Waals surface area contributed by atoms with E-state index in [0.717, 1.165) is 17.3 Å². The smallest absolute Gasteiger partial charge is 0.234 e. The van der Waals surface area contributed by atoms with Crippen LogP contribution in [0.3, 0.4) is 0 Å². The topological polar surface area (TPSA) is 77.8 Å². The molecule has 0 bridgehead atoms. The Morgan fingerprint density at radius 2 is 2.29 bits per heavy atom. The summed E-state index contributed by atoms with van der Waals surface area (Å²) < 4.78 is 6.14. The molecule has 6 heteroatoms. The number of nitrogens with two attached hydrogens (primary N) is 1. The van der Waals surface area contributed by atoms with Crippen LogP contribution in [0.4, 0.5) is 0 Å². The minimum Gasteiger partial charge on any atom is -0.338 e. The molecule has 0 aromatic carbocycles. The second kappa shape index (κ2) is 3.89. The lowest BCUT2D eigenvalue weighted by molar-refractivity contribution is 0.347. The summed E-state index contributed by atoms with van der Waals surface area (Å²) in [4.78, 5) is 8.62. The molecule has 0 radical (unpaired) electrons. The summed E-state index contributed by atoms with van der Waals surface area (Å²) in [6, 6.07) is 3.74. The van der Waals surface area contributed by atoms with Gasteiger partial charge in [-0.25, -0.2) is 0 Å². The van der Waals surface area contributed by atoms with Crippen molar-refractivity contribution in [3.05, 3.63) is 28.7 Å². The van der Waals surface area contributed by atoms with Crippen molar-refractivity contribution in [3.63, 3.8) is 0 Å². The quantitative estimate of drug-likeness (QED) is 0.935. The third-order valence-electron chi connectivity index (χ3n) is 3.09. The number of rotatable bonds is 3. The molecule has 2 N–H and O–H groups in total. The minimum atomic E-state index is -0.0769. The van der Waals surface area contributed by atoms with Crippen molar-refractivity contribution in [1.82, 2.24) is 15.1 Å². The molecule has 1 aliphatic carbocycles. The Balaban J connectivity index is 1.99. The van der Waals surface area contributed by atoms with Gasteiger partial charge in [-0.15, -0.1) is 0 Å². The van der Waals surface area contributed by atoms with Crippen molar-refractivity contribution in [1.29, 1.82) is 0 Å². The van der Waals surface area contributed by atoms with Crippen molar-refractivity contribution in [3.8, 4) is 11.5 Å². The van der Waals surface area contributed by atoms with Crippen LogP contribution in [0.25, 0.3) is 11.5 Å². The first-order chi connectivity index (χ1) is 8.25. The molecule has 0 spiro atoms. The van der Waals surface area contributed by atoms with Crippen LogP contribution in [0.15, 0.2) is 27.3 Å². The van der Waals surface area contributed by atoms with Gasteiger partial charge in [0.2, 0.25) is 11.7 Å². The van der Waals surface area contributed by atoms with Crippen LogP contribution in [0.2, 0.25) is 0 Å². The molecule has 0 atom stereocenters. The van der Waals surface area contributed by atoms with Crippen molar-refractivity contribution < 1.29 is 4.52 Å². The lowest BCUT2D eigenvalue weighted by Gasteiger charge is -2.03. The maximum absolute atomic E-state index is 5.73. The second-order valence-electron chi connectivity index (χ2n) is 4.24. The van der Waals surface area contributed by atoms with Crippen LogP contribution < -0.4 is 5.73 Å². The zero-order chi connectivity index (χ0) is 11.9. The van der Waals surface area contributed by atoms with Gasteiger partial charge in [-0.1, -0.05) is 5.16 Å². The summed E-state index contributed by atoms with van der Waals surface area (Å²) in [5.74, 6) is 1.14. The first-order valence-electron chi connectivity index (χ1n) is 5.40.